The van der Waals surface area contributed by atoms with Crippen molar-refractivity contribution in [3.8, 4) is 0 Å². The third-order valence-corrected chi connectivity index (χ3v) is 3.20. The zero-order valence-corrected chi connectivity index (χ0v) is 10.5. The van der Waals surface area contributed by atoms with Crippen LogP contribution >= 0.6 is 0 Å². The number of fused-ring (bicyclic) bond motifs is 1. The summed E-state index contributed by atoms with van der Waals surface area (Å²) in [5.74, 6) is 0.216. The van der Waals surface area contributed by atoms with Crippen molar-refractivity contribution in [2.75, 3.05) is 7.05 Å². The smallest absolute Gasteiger partial charge is 0.0306 e. The summed E-state index contributed by atoms with van der Waals surface area (Å²) in [6.45, 7) is 3.89. The molecule has 0 bridgehead atoms. The third kappa shape index (κ3) is 2.25. The number of rotatable bonds is 3. The second-order valence-electron chi connectivity index (χ2n) is 4.23. The molecule has 3 nitrogen and oxygen atoms in total. The van der Waals surface area contributed by atoms with Gasteiger partial charge in [0, 0.05) is 31.6 Å². The summed E-state index contributed by atoms with van der Waals surface area (Å²) in [6.07, 6.45) is 12.1. The van der Waals surface area contributed by atoms with Gasteiger partial charge in [0.15, 0.2) is 0 Å². The Morgan fingerprint density at radius 1 is 1.61 bits per heavy atom. The van der Waals surface area contributed by atoms with E-state index in [4.69, 9.17) is 5.73 Å². The molecular weight excluding hydrogens is 222 g/mol. The van der Waals surface area contributed by atoms with Crippen molar-refractivity contribution in [1.29, 1.82) is 0 Å². The lowest BCUT2D eigenvalue weighted by molar-refractivity contribution is 0.739. The van der Waals surface area contributed by atoms with E-state index in [2.05, 4.69) is 22.6 Å². The second-order valence-corrected chi connectivity index (χ2v) is 4.23. The molecule has 2 N–H and O–H groups in total. The molecule has 1 atom stereocenters. The standard InChI is InChI=1S/C15H17N3/c1-3-11-6-12-4-5-18-10-13(12)7-15(11)14(8-16)9-17-2/h3-6,8-10,15H,1,7,16H2,2H3. The number of hydrogen-bond donors (Lipinski definition) is 1. The van der Waals surface area contributed by atoms with E-state index in [0.29, 0.717) is 0 Å². The van der Waals surface area contributed by atoms with Crippen LogP contribution in [0.15, 0.2) is 53.5 Å². The van der Waals surface area contributed by atoms with E-state index in [1.807, 2.05) is 30.8 Å². The van der Waals surface area contributed by atoms with Crippen LogP contribution in [0.2, 0.25) is 0 Å². The predicted molar refractivity (Wildman–Crippen MR) is 76.3 cm³/mol. The molecular formula is C15H17N3. The largest absolute Gasteiger partial charge is 0.404 e. The Hall–Kier alpha value is -2.16. The van der Waals surface area contributed by atoms with Crippen LogP contribution < -0.4 is 5.73 Å². The van der Waals surface area contributed by atoms with Gasteiger partial charge in [0.1, 0.15) is 0 Å². The normalized spacial score (nSPS) is 19.5. The Kier molecular flexibility index (Phi) is 3.72. The number of hydrogen-bond acceptors (Lipinski definition) is 3. The van der Waals surface area contributed by atoms with E-state index in [0.717, 1.165) is 12.0 Å². The molecule has 0 aromatic carbocycles. The van der Waals surface area contributed by atoms with E-state index in [1.54, 1.807) is 13.2 Å². The maximum Gasteiger partial charge on any atom is 0.0306 e. The van der Waals surface area contributed by atoms with Gasteiger partial charge in [-0.1, -0.05) is 18.7 Å². The van der Waals surface area contributed by atoms with Crippen LogP contribution in [0.25, 0.3) is 6.08 Å². The predicted octanol–water partition coefficient (Wildman–Crippen LogP) is 2.37. The Morgan fingerprint density at radius 2 is 2.44 bits per heavy atom. The minimum absolute atomic E-state index is 0.216. The number of allylic oxidation sites excluding steroid dienone is 3. The molecule has 0 amide bonds. The lowest BCUT2D eigenvalue weighted by Crippen LogP contribution is -2.17. The van der Waals surface area contributed by atoms with E-state index >= 15 is 0 Å². The highest BCUT2D eigenvalue weighted by molar-refractivity contribution is 5.81. The van der Waals surface area contributed by atoms with Crippen molar-refractivity contribution in [2.24, 2.45) is 16.6 Å². The first-order valence-corrected chi connectivity index (χ1v) is 5.91. The summed E-state index contributed by atoms with van der Waals surface area (Å²) in [5.41, 5.74) is 10.3. The zero-order chi connectivity index (χ0) is 13.0. The fourth-order valence-electron chi connectivity index (χ4n) is 2.28. The van der Waals surface area contributed by atoms with E-state index < -0.39 is 0 Å². The molecule has 1 aliphatic carbocycles. The summed E-state index contributed by atoms with van der Waals surface area (Å²) in [5, 5.41) is 0. The first-order valence-electron chi connectivity index (χ1n) is 5.91. The van der Waals surface area contributed by atoms with E-state index in [9.17, 15) is 0 Å². The van der Waals surface area contributed by atoms with Crippen LogP contribution in [-0.2, 0) is 6.42 Å². The summed E-state index contributed by atoms with van der Waals surface area (Å²) >= 11 is 0. The molecule has 3 heteroatoms. The van der Waals surface area contributed by atoms with Gasteiger partial charge in [-0.15, -0.1) is 0 Å². The highest BCUT2D eigenvalue weighted by Gasteiger charge is 2.22. The van der Waals surface area contributed by atoms with Crippen molar-refractivity contribution in [1.82, 2.24) is 4.98 Å². The minimum atomic E-state index is 0.216. The van der Waals surface area contributed by atoms with Crippen LogP contribution in [0.4, 0.5) is 0 Å². The number of nitrogens with zero attached hydrogens (tertiary/aromatic N) is 2. The molecule has 0 fully saturated rings. The summed E-state index contributed by atoms with van der Waals surface area (Å²) in [6, 6.07) is 2.02. The van der Waals surface area contributed by atoms with Gasteiger partial charge in [0.25, 0.3) is 0 Å². The molecule has 18 heavy (non-hydrogen) atoms. The number of aliphatic imine (C=N–C) groups is 1. The summed E-state index contributed by atoms with van der Waals surface area (Å²) < 4.78 is 0. The fraction of sp³-hybridized carbons (Fsp3) is 0.200. The Bertz CT molecular complexity index is 538. The van der Waals surface area contributed by atoms with Crippen LogP contribution in [0.5, 0.6) is 0 Å². The van der Waals surface area contributed by atoms with Crippen molar-refractivity contribution < 1.29 is 0 Å². The SMILES string of the molecule is C=CC1=Cc2ccncc2CC1C(C=NC)=CN. The molecule has 0 aliphatic heterocycles. The Labute approximate surface area is 107 Å². The molecule has 1 aliphatic rings. The topological polar surface area (TPSA) is 51.3 Å². The molecule has 0 spiro atoms. The first-order chi connectivity index (χ1) is 8.80. The van der Waals surface area contributed by atoms with E-state index in [-0.39, 0.29) is 5.92 Å². The van der Waals surface area contributed by atoms with Gasteiger partial charge in [-0.2, -0.15) is 0 Å². The lowest BCUT2D eigenvalue weighted by Gasteiger charge is -2.24. The van der Waals surface area contributed by atoms with Crippen LogP contribution in [0.3, 0.4) is 0 Å². The molecule has 1 heterocycles. The molecule has 1 aromatic heterocycles. The second kappa shape index (κ2) is 5.45. The van der Waals surface area contributed by atoms with Crippen molar-refractivity contribution in [3.63, 3.8) is 0 Å². The Morgan fingerprint density at radius 3 is 3.11 bits per heavy atom. The quantitative estimate of drug-likeness (QED) is 0.823. The minimum Gasteiger partial charge on any atom is -0.404 e. The van der Waals surface area contributed by atoms with Crippen molar-refractivity contribution >= 4 is 12.3 Å². The van der Waals surface area contributed by atoms with Crippen molar-refractivity contribution in [3.05, 3.63) is 59.6 Å². The fourth-order valence-corrected chi connectivity index (χ4v) is 2.28. The van der Waals surface area contributed by atoms with Crippen LogP contribution in [0, 0.1) is 5.92 Å². The third-order valence-electron chi connectivity index (χ3n) is 3.20. The van der Waals surface area contributed by atoms with Gasteiger partial charge in [-0.05, 0) is 41.0 Å². The van der Waals surface area contributed by atoms with Gasteiger partial charge in [0.2, 0.25) is 0 Å². The van der Waals surface area contributed by atoms with Gasteiger partial charge < -0.3 is 5.73 Å². The van der Waals surface area contributed by atoms with Gasteiger partial charge >= 0.3 is 0 Å². The lowest BCUT2D eigenvalue weighted by atomic mass is 9.80. The maximum atomic E-state index is 5.70. The number of pyridine rings is 1. The van der Waals surface area contributed by atoms with Crippen LogP contribution in [-0.4, -0.2) is 18.2 Å². The summed E-state index contributed by atoms with van der Waals surface area (Å²) in [7, 11) is 1.75. The highest BCUT2D eigenvalue weighted by atomic mass is 14.6. The van der Waals surface area contributed by atoms with Gasteiger partial charge in [0.05, 0.1) is 0 Å². The average Bonchev–Trinajstić information content (AvgIpc) is 2.43. The summed E-state index contributed by atoms with van der Waals surface area (Å²) in [4.78, 5) is 8.23. The Balaban J connectivity index is 2.44. The maximum absolute atomic E-state index is 5.70. The van der Waals surface area contributed by atoms with Crippen molar-refractivity contribution in [2.45, 2.75) is 6.42 Å². The first kappa shape index (κ1) is 12.3. The molecule has 1 aromatic rings. The monoisotopic (exact) mass is 239 g/mol. The van der Waals surface area contributed by atoms with Gasteiger partial charge in [-0.3, -0.25) is 9.98 Å². The average molecular weight is 239 g/mol. The van der Waals surface area contributed by atoms with Gasteiger partial charge in [-0.25, -0.2) is 0 Å². The molecule has 0 saturated heterocycles. The van der Waals surface area contributed by atoms with Crippen LogP contribution in [0.1, 0.15) is 11.1 Å². The number of aromatic nitrogens is 1. The molecule has 0 saturated carbocycles. The zero-order valence-electron chi connectivity index (χ0n) is 10.5. The number of nitrogens with two attached hydrogens (primary N) is 1. The molecule has 92 valence electrons. The molecule has 0 radical (unpaired) electrons. The molecule has 2 rings (SSSR count). The molecule has 1 unspecified atom stereocenters. The van der Waals surface area contributed by atoms with E-state index in [1.165, 1.54) is 16.7 Å². The highest BCUT2D eigenvalue weighted by Crippen LogP contribution is 2.32.